The molecule has 0 heterocycles. The summed E-state index contributed by atoms with van der Waals surface area (Å²) >= 11 is 0.488. The Morgan fingerprint density at radius 3 is 2.24 bits per heavy atom. The minimum Gasteiger partial charge on any atom is -0.489 e. The number of ether oxygens (including phenoxy) is 1. The van der Waals surface area contributed by atoms with E-state index in [1.807, 2.05) is 0 Å². The van der Waals surface area contributed by atoms with Crippen molar-refractivity contribution in [1.29, 1.82) is 0 Å². The SMILES string of the molecule is O=[N+]([O-])c1ccc(OCc2ccc(SC(F)F)cc2)cc1. The maximum atomic E-state index is 12.2. The Morgan fingerprint density at radius 2 is 1.71 bits per heavy atom. The van der Waals surface area contributed by atoms with Gasteiger partial charge in [-0.3, -0.25) is 10.1 Å². The molecule has 0 aliphatic heterocycles. The number of nitrogens with zero attached hydrogens (tertiary/aromatic N) is 1. The number of hydrogen-bond donors (Lipinski definition) is 0. The molecule has 0 fully saturated rings. The fourth-order valence-electron chi connectivity index (χ4n) is 1.60. The van der Waals surface area contributed by atoms with E-state index in [9.17, 15) is 18.9 Å². The van der Waals surface area contributed by atoms with Gasteiger partial charge in [0.05, 0.1) is 4.92 Å². The lowest BCUT2D eigenvalue weighted by Gasteiger charge is -2.07. The van der Waals surface area contributed by atoms with Gasteiger partial charge in [-0.1, -0.05) is 23.9 Å². The van der Waals surface area contributed by atoms with E-state index < -0.39 is 10.7 Å². The molecule has 0 spiro atoms. The molecule has 2 rings (SSSR count). The minimum atomic E-state index is -2.44. The third-order valence-electron chi connectivity index (χ3n) is 2.60. The van der Waals surface area contributed by atoms with Crippen LogP contribution in [0.1, 0.15) is 5.56 Å². The van der Waals surface area contributed by atoms with Crippen LogP contribution in [0.3, 0.4) is 0 Å². The highest BCUT2D eigenvalue weighted by molar-refractivity contribution is 7.99. The summed E-state index contributed by atoms with van der Waals surface area (Å²) in [4.78, 5) is 10.5. The molecule has 0 bridgehead atoms. The van der Waals surface area contributed by atoms with Crippen LogP contribution in [0.5, 0.6) is 5.75 Å². The molecule has 110 valence electrons. The second kappa shape index (κ2) is 7.03. The lowest BCUT2D eigenvalue weighted by molar-refractivity contribution is -0.384. The minimum absolute atomic E-state index is 0.00396. The van der Waals surface area contributed by atoms with Crippen LogP contribution in [0.25, 0.3) is 0 Å². The van der Waals surface area contributed by atoms with Crippen molar-refractivity contribution in [3.8, 4) is 5.75 Å². The molecule has 0 aliphatic rings. The Morgan fingerprint density at radius 1 is 1.10 bits per heavy atom. The zero-order valence-corrected chi connectivity index (χ0v) is 11.6. The first-order valence-corrected chi connectivity index (χ1v) is 6.83. The summed E-state index contributed by atoms with van der Waals surface area (Å²) in [6, 6.07) is 12.4. The quantitative estimate of drug-likeness (QED) is 0.448. The van der Waals surface area contributed by atoms with Crippen LogP contribution in [-0.2, 0) is 6.61 Å². The van der Waals surface area contributed by atoms with Gasteiger partial charge in [0.25, 0.3) is 11.4 Å². The predicted octanol–water partition coefficient (Wildman–Crippen LogP) is 4.49. The van der Waals surface area contributed by atoms with Crippen LogP contribution in [0.2, 0.25) is 0 Å². The van der Waals surface area contributed by atoms with Gasteiger partial charge in [0.1, 0.15) is 12.4 Å². The van der Waals surface area contributed by atoms with Crippen molar-refractivity contribution in [2.45, 2.75) is 17.3 Å². The van der Waals surface area contributed by atoms with E-state index in [-0.39, 0.29) is 12.3 Å². The molecule has 2 aromatic rings. The topological polar surface area (TPSA) is 52.4 Å². The summed E-state index contributed by atoms with van der Waals surface area (Å²) in [6.07, 6.45) is 0. The first-order chi connectivity index (χ1) is 10.0. The lowest BCUT2D eigenvalue weighted by atomic mass is 10.2. The zero-order chi connectivity index (χ0) is 15.2. The summed E-state index contributed by atoms with van der Waals surface area (Å²) in [5.41, 5.74) is 0.822. The van der Waals surface area contributed by atoms with Crippen LogP contribution in [0.4, 0.5) is 14.5 Å². The van der Waals surface area contributed by atoms with Crippen LogP contribution < -0.4 is 4.74 Å². The van der Waals surface area contributed by atoms with Crippen molar-refractivity contribution in [1.82, 2.24) is 0 Å². The average molecular weight is 311 g/mol. The second-order valence-corrected chi connectivity index (χ2v) is 5.13. The third kappa shape index (κ3) is 4.71. The van der Waals surface area contributed by atoms with Gasteiger partial charge in [-0.25, -0.2) is 0 Å². The van der Waals surface area contributed by atoms with Gasteiger partial charge in [-0.05, 0) is 29.8 Å². The Balaban J connectivity index is 1.91. The van der Waals surface area contributed by atoms with E-state index in [1.54, 1.807) is 24.3 Å². The molecule has 0 atom stereocenters. The molecule has 0 radical (unpaired) electrons. The van der Waals surface area contributed by atoms with E-state index in [1.165, 1.54) is 24.3 Å². The molecule has 0 N–H and O–H groups in total. The summed E-state index contributed by atoms with van der Waals surface area (Å²) in [5.74, 6) is -1.93. The first-order valence-electron chi connectivity index (χ1n) is 5.95. The molecular weight excluding hydrogens is 300 g/mol. The van der Waals surface area contributed by atoms with Crippen molar-refractivity contribution in [2.24, 2.45) is 0 Å². The highest BCUT2D eigenvalue weighted by Crippen LogP contribution is 2.25. The summed E-state index contributed by atoms with van der Waals surface area (Å²) in [6.45, 7) is 0.261. The maximum absolute atomic E-state index is 12.2. The third-order valence-corrected chi connectivity index (χ3v) is 3.32. The highest BCUT2D eigenvalue weighted by Gasteiger charge is 2.06. The highest BCUT2D eigenvalue weighted by atomic mass is 32.2. The predicted molar refractivity (Wildman–Crippen MR) is 75.7 cm³/mol. The summed E-state index contributed by atoms with van der Waals surface area (Å²) < 4.78 is 29.8. The van der Waals surface area contributed by atoms with Gasteiger partial charge >= 0.3 is 0 Å². The largest absolute Gasteiger partial charge is 0.489 e. The van der Waals surface area contributed by atoms with Crippen molar-refractivity contribution in [3.05, 3.63) is 64.2 Å². The van der Waals surface area contributed by atoms with Gasteiger partial charge in [0.2, 0.25) is 0 Å². The van der Waals surface area contributed by atoms with E-state index in [0.29, 0.717) is 22.4 Å². The second-order valence-electron chi connectivity index (χ2n) is 4.06. The van der Waals surface area contributed by atoms with Gasteiger partial charge in [-0.2, -0.15) is 8.78 Å². The summed E-state index contributed by atoms with van der Waals surface area (Å²) in [7, 11) is 0. The number of hydrogen-bond acceptors (Lipinski definition) is 4. The molecule has 0 saturated carbocycles. The normalized spacial score (nSPS) is 10.6. The van der Waals surface area contributed by atoms with Crippen molar-refractivity contribution < 1.29 is 18.4 Å². The lowest BCUT2D eigenvalue weighted by Crippen LogP contribution is -1.95. The molecule has 0 aliphatic carbocycles. The Kier molecular flexibility index (Phi) is 5.10. The van der Waals surface area contributed by atoms with E-state index in [2.05, 4.69) is 0 Å². The van der Waals surface area contributed by atoms with E-state index in [0.717, 1.165) is 5.56 Å². The van der Waals surface area contributed by atoms with Gasteiger partial charge in [0.15, 0.2) is 0 Å². The molecule has 0 amide bonds. The molecule has 0 unspecified atom stereocenters. The van der Waals surface area contributed by atoms with Crippen molar-refractivity contribution in [3.63, 3.8) is 0 Å². The molecular formula is C14H11F2NO3S. The van der Waals surface area contributed by atoms with Crippen molar-refractivity contribution in [2.75, 3.05) is 0 Å². The van der Waals surface area contributed by atoms with Crippen molar-refractivity contribution >= 4 is 17.4 Å². The number of nitro benzene ring substituents is 1. The number of alkyl halides is 2. The van der Waals surface area contributed by atoms with Gasteiger partial charge in [-0.15, -0.1) is 0 Å². The Labute approximate surface area is 123 Å². The fraction of sp³-hybridized carbons (Fsp3) is 0.143. The molecule has 0 aromatic heterocycles. The smallest absolute Gasteiger partial charge is 0.288 e. The standard InChI is InChI=1S/C14H11F2NO3S/c15-14(16)21-13-7-1-10(2-8-13)9-20-12-5-3-11(4-6-12)17(18)19/h1-8,14H,9H2. The fourth-order valence-corrected chi connectivity index (χ4v) is 2.10. The molecule has 7 heteroatoms. The zero-order valence-electron chi connectivity index (χ0n) is 10.7. The summed E-state index contributed by atoms with van der Waals surface area (Å²) in [5, 5.41) is 10.5. The molecule has 2 aromatic carbocycles. The first kappa shape index (κ1) is 15.2. The van der Waals surface area contributed by atoms with Crippen LogP contribution >= 0.6 is 11.8 Å². The number of non-ortho nitro benzene ring substituents is 1. The maximum Gasteiger partial charge on any atom is 0.288 e. The average Bonchev–Trinajstić information content (AvgIpc) is 2.46. The number of nitro groups is 1. The van der Waals surface area contributed by atoms with Crippen LogP contribution in [-0.4, -0.2) is 10.7 Å². The monoisotopic (exact) mass is 311 g/mol. The number of thioether (sulfide) groups is 1. The Bertz CT molecular complexity index is 603. The molecule has 0 saturated heterocycles. The molecule has 21 heavy (non-hydrogen) atoms. The van der Waals surface area contributed by atoms with Gasteiger partial charge in [0, 0.05) is 17.0 Å². The van der Waals surface area contributed by atoms with E-state index >= 15 is 0 Å². The number of benzene rings is 2. The van der Waals surface area contributed by atoms with Gasteiger partial charge < -0.3 is 4.74 Å². The van der Waals surface area contributed by atoms with E-state index in [4.69, 9.17) is 4.74 Å². The number of halogens is 2. The van der Waals surface area contributed by atoms with Crippen LogP contribution in [0, 0.1) is 10.1 Å². The van der Waals surface area contributed by atoms with Crippen LogP contribution in [0.15, 0.2) is 53.4 Å². The number of rotatable bonds is 6. The molecule has 4 nitrogen and oxygen atoms in total. The Hall–Kier alpha value is -2.15.